The number of unbranched alkanes of at least 4 members (excludes halogenated alkanes) is 23. The molecular weight excluding hydrogens is 723 g/mol. The van der Waals surface area contributed by atoms with Crippen LogP contribution in [0.2, 0.25) is 0 Å². The summed E-state index contributed by atoms with van der Waals surface area (Å²) in [5, 5.41) is 37.2. The Bertz CT molecular complexity index is 1160. The van der Waals surface area contributed by atoms with Crippen molar-refractivity contribution in [2.24, 2.45) is 0 Å². The molecule has 0 saturated carbocycles. The fourth-order valence-electron chi connectivity index (χ4n) is 7.64. The average Bonchev–Trinajstić information content (AvgIpc) is 3.22. The molecule has 1 fully saturated rings. The van der Waals surface area contributed by atoms with Gasteiger partial charge < -0.3 is 40.3 Å². The Morgan fingerprint density at radius 3 is 1.63 bits per heavy atom. The molecule has 0 spiro atoms. The van der Waals surface area contributed by atoms with Crippen LogP contribution in [-0.4, -0.2) is 88.4 Å². The molecule has 5 atom stereocenters. The second-order valence-electron chi connectivity index (χ2n) is 16.2. The van der Waals surface area contributed by atoms with Crippen LogP contribution in [0.1, 0.15) is 186 Å². The van der Waals surface area contributed by atoms with Gasteiger partial charge in [-0.1, -0.05) is 192 Å². The largest absolute Gasteiger partial charge is 0.445 e. The number of rotatable bonds is 34. The number of hydrogen-bond acceptors (Lipinski definition) is 8. The van der Waals surface area contributed by atoms with Crippen molar-refractivity contribution in [1.29, 1.82) is 0 Å². The highest BCUT2D eigenvalue weighted by Gasteiger charge is 2.48. The SMILES string of the molecule is CCCCCCCCCCCCCCCCCCN(C(=O)CCCCCCCCCCC)[C@@H]1O[C@H](CO)[C@@H](O)[C@H](O)[C@H]1NC(=O)CNC(=O)OCc1ccccc1. The summed E-state index contributed by atoms with van der Waals surface area (Å²) in [7, 11) is 0. The Morgan fingerprint density at radius 1 is 0.667 bits per heavy atom. The molecular formula is C46H81N3O8. The third-order valence-electron chi connectivity index (χ3n) is 11.2. The maximum absolute atomic E-state index is 13.9. The second-order valence-corrected chi connectivity index (χ2v) is 16.2. The summed E-state index contributed by atoms with van der Waals surface area (Å²) in [6.45, 7) is 3.85. The normalized spacial score (nSPS) is 19.3. The van der Waals surface area contributed by atoms with Crippen molar-refractivity contribution in [1.82, 2.24) is 15.5 Å². The van der Waals surface area contributed by atoms with E-state index in [0.717, 1.165) is 56.9 Å². The summed E-state index contributed by atoms with van der Waals surface area (Å²) in [5.74, 6) is -0.793. The van der Waals surface area contributed by atoms with E-state index in [0.29, 0.717) is 13.0 Å². The molecule has 0 aliphatic carbocycles. The number of carbonyl (C=O) groups is 3. The summed E-state index contributed by atoms with van der Waals surface area (Å²) in [6, 6.07) is 7.97. The van der Waals surface area contributed by atoms with E-state index >= 15 is 0 Å². The Morgan fingerprint density at radius 2 is 1.14 bits per heavy atom. The minimum Gasteiger partial charge on any atom is -0.445 e. The number of nitrogens with one attached hydrogen (secondary N) is 2. The van der Waals surface area contributed by atoms with Crippen LogP contribution in [0.25, 0.3) is 0 Å². The van der Waals surface area contributed by atoms with Gasteiger partial charge in [0.2, 0.25) is 11.8 Å². The van der Waals surface area contributed by atoms with E-state index in [2.05, 4.69) is 24.5 Å². The first-order chi connectivity index (χ1) is 27.8. The molecule has 0 aromatic heterocycles. The summed E-state index contributed by atoms with van der Waals surface area (Å²) in [6.07, 6.45) is 24.1. The Labute approximate surface area is 345 Å². The van der Waals surface area contributed by atoms with Gasteiger partial charge in [0, 0.05) is 13.0 Å². The molecule has 0 unspecified atom stereocenters. The van der Waals surface area contributed by atoms with Crippen molar-refractivity contribution in [3.63, 3.8) is 0 Å². The topological polar surface area (TPSA) is 158 Å². The minimum atomic E-state index is -1.52. The smallest absolute Gasteiger partial charge is 0.407 e. The van der Waals surface area contributed by atoms with Gasteiger partial charge in [0.15, 0.2) is 6.23 Å². The zero-order chi connectivity index (χ0) is 41.4. The monoisotopic (exact) mass is 804 g/mol. The number of benzene rings is 1. The Hall–Kier alpha value is -2.73. The summed E-state index contributed by atoms with van der Waals surface area (Å²) >= 11 is 0. The number of alkyl carbamates (subject to hydrolysis) is 1. The van der Waals surface area contributed by atoms with E-state index in [-0.39, 0.29) is 12.5 Å². The number of ether oxygens (including phenoxy) is 2. The first kappa shape index (κ1) is 50.4. The fourth-order valence-corrected chi connectivity index (χ4v) is 7.64. The fraction of sp³-hybridized carbons (Fsp3) is 0.804. The van der Waals surface area contributed by atoms with Crippen molar-refractivity contribution < 1.29 is 39.2 Å². The molecule has 11 heteroatoms. The van der Waals surface area contributed by atoms with Crippen molar-refractivity contribution >= 4 is 17.9 Å². The lowest BCUT2D eigenvalue weighted by atomic mass is 9.94. The molecule has 5 N–H and O–H groups in total. The number of aliphatic hydroxyl groups is 3. The van der Waals surface area contributed by atoms with Crippen molar-refractivity contribution in [3.8, 4) is 0 Å². The third kappa shape index (κ3) is 22.9. The number of carbonyl (C=O) groups excluding carboxylic acids is 3. The highest BCUT2D eigenvalue weighted by Crippen LogP contribution is 2.26. The molecule has 57 heavy (non-hydrogen) atoms. The van der Waals surface area contributed by atoms with Gasteiger partial charge in [0.05, 0.1) is 6.61 Å². The molecule has 1 aliphatic heterocycles. The highest BCUT2D eigenvalue weighted by molar-refractivity contribution is 5.82. The maximum Gasteiger partial charge on any atom is 0.407 e. The zero-order valence-electron chi connectivity index (χ0n) is 35.8. The number of aliphatic hydroxyl groups excluding tert-OH is 3. The van der Waals surface area contributed by atoms with Gasteiger partial charge in [-0.2, -0.15) is 0 Å². The molecule has 3 amide bonds. The second kappa shape index (κ2) is 33.1. The third-order valence-corrected chi connectivity index (χ3v) is 11.2. The van der Waals surface area contributed by atoms with E-state index < -0.39 is 55.7 Å². The average molecular weight is 804 g/mol. The molecule has 0 bridgehead atoms. The molecule has 1 aromatic rings. The minimum absolute atomic E-state index is 0.0374. The van der Waals surface area contributed by atoms with Crippen LogP contribution in [0, 0.1) is 0 Å². The molecule has 1 aromatic carbocycles. The van der Waals surface area contributed by atoms with Gasteiger partial charge >= 0.3 is 6.09 Å². The van der Waals surface area contributed by atoms with E-state index in [9.17, 15) is 29.7 Å². The molecule has 11 nitrogen and oxygen atoms in total. The summed E-state index contributed by atoms with van der Waals surface area (Å²) in [4.78, 5) is 40.9. The van der Waals surface area contributed by atoms with Crippen LogP contribution >= 0.6 is 0 Å². The van der Waals surface area contributed by atoms with Gasteiger partial charge in [0.1, 0.15) is 37.5 Å². The van der Waals surface area contributed by atoms with Crippen molar-refractivity contribution in [3.05, 3.63) is 35.9 Å². The van der Waals surface area contributed by atoms with Crippen molar-refractivity contribution in [2.75, 3.05) is 19.7 Å². The predicted molar refractivity (Wildman–Crippen MR) is 227 cm³/mol. The quantitative estimate of drug-likeness (QED) is 0.0433. The highest BCUT2D eigenvalue weighted by atomic mass is 16.6. The zero-order valence-corrected chi connectivity index (χ0v) is 35.8. The standard InChI is InChI=1S/C46H81N3O8/c1-3-5-7-9-11-13-14-15-16-17-18-19-21-23-25-30-34-49(41(52)33-29-24-22-20-12-10-8-6-4-2)45-42(44(54)43(53)39(36-50)57-45)48-40(51)35-47-46(55)56-37-38-31-27-26-28-32-38/h26-28,31-32,39,42-45,50,53-54H,3-25,29-30,33-37H2,1-2H3,(H,47,55)(H,48,51)/t39-,42-,43-,44-,45-/m1/s1. The van der Waals surface area contributed by atoms with Gasteiger partial charge in [-0.05, 0) is 18.4 Å². The Kier molecular flexibility index (Phi) is 29.3. The first-order valence-corrected chi connectivity index (χ1v) is 23.0. The van der Waals surface area contributed by atoms with Crippen LogP contribution in [0.3, 0.4) is 0 Å². The van der Waals surface area contributed by atoms with E-state index in [1.54, 1.807) is 4.90 Å². The lowest BCUT2D eigenvalue weighted by Gasteiger charge is -2.47. The van der Waals surface area contributed by atoms with Crippen LogP contribution in [-0.2, 0) is 25.7 Å². The van der Waals surface area contributed by atoms with Crippen LogP contribution in [0.15, 0.2) is 30.3 Å². The maximum atomic E-state index is 13.9. The van der Waals surface area contributed by atoms with E-state index in [4.69, 9.17) is 9.47 Å². The van der Waals surface area contributed by atoms with E-state index in [1.807, 2.05) is 30.3 Å². The van der Waals surface area contributed by atoms with E-state index in [1.165, 1.54) is 109 Å². The predicted octanol–water partition coefficient (Wildman–Crippen LogP) is 8.85. The number of hydrogen-bond donors (Lipinski definition) is 5. The molecule has 328 valence electrons. The van der Waals surface area contributed by atoms with Gasteiger partial charge in [-0.15, -0.1) is 0 Å². The molecule has 2 rings (SSSR count). The van der Waals surface area contributed by atoms with Gasteiger partial charge in [-0.3, -0.25) is 9.59 Å². The number of amides is 3. The summed E-state index contributed by atoms with van der Waals surface area (Å²) < 4.78 is 11.3. The Balaban J connectivity index is 1.92. The van der Waals surface area contributed by atoms with Crippen molar-refractivity contribution in [2.45, 2.75) is 218 Å². The van der Waals surface area contributed by atoms with Crippen LogP contribution < -0.4 is 10.6 Å². The first-order valence-electron chi connectivity index (χ1n) is 23.0. The number of nitrogens with zero attached hydrogens (tertiary/aromatic N) is 1. The lowest BCUT2D eigenvalue weighted by Crippen LogP contribution is -2.69. The summed E-state index contributed by atoms with van der Waals surface area (Å²) in [5.41, 5.74) is 0.798. The molecule has 0 radical (unpaired) electrons. The van der Waals surface area contributed by atoms with Crippen LogP contribution in [0.5, 0.6) is 0 Å². The van der Waals surface area contributed by atoms with Gasteiger partial charge in [0.25, 0.3) is 0 Å². The van der Waals surface area contributed by atoms with Crippen LogP contribution in [0.4, 0.5) is 4.79 Å². The molecule has 1 aliphatic rings. The molecule has 1 heterocycles. The molecule has 1 saturated heterocycles. The van der Waals surface area contributed by atoms with Gasteiger partial charge in [-0.25, -0.2) is 4.79 Å². The lowest BCUT2D eigenvalue weighted by molar-refractivity contribution is -0.231.